The highest BCUT2D eigenvalue weighted by atomic mass is 16.5. The Labute approximate surface area is 110 Å². The van der Waals surface area contributed by atoms with Crippen molar-refractivity contribution in [3.8, 4) is 0 Å². The molecule has 0 rings (SSSR count). The molecule has 0 heterocycles. The highest BCUT2D eigenvalue weighted by molar-refractivity contribution is 5.73. The minimum atomic E-state index is -0.188. The molecule has 0 aliphatic rings. The van der Waals surface area contributed by atoms with Gasteiger partial charge in [0.1, 0.15) is 6.73 Å². The van der Waals surface area contributed by atoms with Gasteiger partial charge in [0, 0.05) is 13.7 Å². The maximum Gasteiger partial charge on any atom is 0.316 e. The minimum Gasteiger partial charge on any atom is -0.382 e. The zero-order valence-electron chi connectivity index (χ0n) is 11.8. The maximum absolute atomic E-state index is 11.3. The SMILES string of the molecule is CCN(CC)CCCNC(=O)NCOCCOC. The van der Waals surface area contributed by atoms with E-state index in [9.17, 15) is 4.79 Å². The average Bonchev–Trinajstić information content (AvgIpc) is 2.39. The molecule has 0 atom stereocenters. The van der Waals surface area contributed by atoms with Crippen molar-refractivity contribution < 1.29 is 14.3 Å². The molecule has 2 amide bonds. The first-order valence-corrected chi connectivity index (χ1v) is 6.55. The lowest BCUT2D eigenvalue weighted by Crippen LogP contribution is -2.38. The molecule has 6 heteroatoms. The van der Waals surface area contributed by atoms with Crippen molar-refractivity contribution in [2.75, 3.05) is 53.2 Å². The number of ether oxygens (including phenoxy) is 2. The summed E-state index contributed by atoms with van der Waals surface area (Å²) in [5, 5.41) is 5.41. The Bertz CT molecular complexity index is 199. The van der Waals surface area contributed by atoms with Gasteiger partial charge in [-0.2, -0.15) is 0 Å². The number of rotatable bonds is 11. The van der Waals surface area contributed by atoms with Crippen LogP contribution < -0.4 is 10.6 Å². The van der Waals surface area contributed by atoms with Crippen LogP contribution in [-0.2, 0) is 9.47 Å². The molecule has 108 valence electrons. The van der Waals surface area contributed by atoms with Crippen LogP contribution in [0.3, 0.4) is 0 Å². The van der Waals surface area contributed by atoms with Crippen LogP contribution in [-0.4, -0.2) is 64.2 Å². The Morgan fingerprint density at radius 1 is 1.17 bits per heavy atom. The van der Waals surface area contributed by atoms with Crippen LogP contribution in [0.15, 0.2) is 0 Å². The zero-order chi connectivity index (χ0) is 13.6. The van der Waals surface area contributed by atoms with Gasteiger partial charge < -0.3 is 25.0 Å². The Balaban J connectivity index is 3.31. The van der Waals surface area contributed by atoms with E-state index in [-0.39, 0.29) is 12.8 Å². The molecule has 0 fully saturated rings. The summed E-state index contributed by atoms with van der Waals surface area (Å²) in [4.78, 5) is 13.6. The molecule has 0 bridgehead atoms. The van der Waals surface area contributed by atoms with Crippen molar-refractivity contribution in [3.63, 3.8) is 0 Å². The second kappa shape index (κ2) is 12.6. The predicted octanol–water partition coefficient (Wildman–Crippen LogP) is 0.638. The number of carbonyl (C=O) groups excluding carboxylic acids is 1. The van der Waals surface area contributed by atoms with Crippen molar-refractivity contribution in [1.29, 1.82) is 0 Å². The number of nitrogens with zero attached hydrogens (tertiary/aromatic N) is 1. The van der Waals surface area contributed by atoms with E-state index >= 15 is 0 Å². The molecule has 6 nitrogen and oxygen atoms in total. The first-order chi connectivity index (χ1) is 8.74. The van der Waals surface area contributed by atoms with Gasteiger partial charge in [-0.05, 0) is 26.1 Å². The largest absolute Gasteiger partial charge is 0.382 e. The number of methoxy groups -OCH3 is 1. The fourth-order valence-electron chi connectivity index (χ4n) is 1.44. The molecule has 0 spiro atoms. The zero-order valence-corrected chi connectivity index (χ0v) is 11.8. The average molecular weight is 261 g/mol. The lowest BCUT2D eigenvalue weighted by molar-refractivity contribution is 0.0642. The van der Waals surface area contributed by atoms with Crippen LogP contribution in [0.4, 0.5) is 4.79 Å². The summed E-state index contributed by atoms with van der Waals surface area (Å²) in [6.07, 6.45) is 0.958. The molecule has 18 heavy (non-hydrogen) atoms. The monoisotopic (exact) mass is 261 g/mol. The summed E-state index contributed by atoms with van der Waals surface area (Å²) in [6, 6.07) is -0.188. The standard InChI is InChI=1S/C12H27N3O3/c1-4-15(5-2)8-6-7-13-12(16)14-11-18-10-9-17-3/h4-11H2,1-3H3,(H2,13,14,16). The van der Waals surface area contributed by atoms with E-state index in [1.165, 1.54) is 0 Å². The lowest BCUT2D eigenvalue weighted by Gasteiger charge is -2.17. The van der Waals surface area contributed by atoms with Crippen LogP contribution >= 0.6 is 0 Å². The van der Waals surface area contributed by atoms with Crippen molar-refractivity contribution in [2.45, 2.75) is 20.3 Å². The third-order valence-corrected chi connectivity index (χ3v) is 2.60. The summed E-state index contributed by atoms with van der Waals surface area (Å²) in [5.74, 6) is 0. The van der Waals surface area contributed by atoms with E-state index < -0.39 is 0 Å². The number of amides is 2. The van der Waals surface area contributed by atoms with Gasteiger partial charge in [-0.3, -0.25) is 0 Å². The van der Waals surface area contributed by atoms with Crippen molar-refractivity contribution >= 4 is 6.03 Å². The fraction of sp³-hybridized carbons (Fsp3) is 0.917. The van der Waals surface area contributed by atoms with Gasteiger partial charge in [-0.25, -0.2) is 4.79 Å². The molecular formula is C12H27N3O3. The third-order valence-electron chi connectivity index (χ3n) is 2.60. The highest BCUT2D eigenvalue weighted by Crippen LogP contribution is 1.89. The molecule has 0 aliphatic carbocycles. The summed E-state index contributed by atoms with van der Waals surface area (Å²) in [6.45, 7) is 9.31. The van der Waals surface area contributed by atoms with Gasteiger partial charge in [0.15, 0.2) is 0 Å². The van der Waals surface area contributed by atoms with Gasteiger partial charge in [-0.15, -0.1) is 0 Å². The van der Waals surface area contributed by atoms with Crippen molar-refractivity contribution in [1.82, 2.24) is 15.5 Å². The smallest absolute Gasteiger partial charge is 0.316 e. The summed E-state index contributed by atoms with van der Waals surface area (Å²) in [7, 11) is 1.61. The topological polar surface area (TPSA) is 62.8 Å². The molecular weight excluding hydrogens is 234 g/mol. The quantitative estimate of drug-likeness (QED) is 0.423. The first kappa shape index (κ1) is 17.2. The van der Waals surface area contributed by atoms with Crippen LogP contribution in [0.1, 0.15) is 20.3 Å². The number of hydrogen-bond acceptors (Lipinski definition) is 4. The van der Waals surface area contributed by atoms with Crippen LogP contribution in [0.5, 0.6) is 0 Å². The summed E-state index contributed by atoms with van der Waals surface area (Å²) < 4.78 is 9.93. The molecule has 0 aromatic carbocycles. The van der Waals surface area contributed by atoms with E-state index in [2.05, 4.69) is 29.4 Å². The molecule has 0 aromatic heterocycles. The highest BCUT2D eigenvalue weighted by Gasteiger charge is 2.00. The van der Waals surface area contributed by atoms with Gasteiger partial charge in [0.05, 0.1) is 13.2 Å². The molecule has 0 saturated carbocycles. The van der Waals surface area contributed by atoms with Crippen LogP contribution in [0, 0.1) is 0 Å². The molecule has 0 unspecified atom stereocenters. The Morgan fingerprint density at radius 2 is 1.89 bits per heavy atom. The van der Waals surface area contributed by atoms with Crippen molar-refractivity contribution in [3.05, 3.63) is 0 Å². The second-order valence-electron chi connectivity index (χ2n) is 3.86. The minimum absolute atomic E-state index is 0.188. The van der Waals surface area contributed by atoms with E-state index in [0.29, 0.717) is 19.8 Å². The number of carbonyl (C=O) groups is 1. The fourth-order valence-corrected chi connectivity index (χ4v) is 1.44. The molecule has 0 aromatic rings. The summed E-state index contributed by atoms with van der Waals surface area (Å²) >= 11 is 0. The van der Waals surface area contributed by atoms with E-state index in [0.717, 1.165) is 26.1 Å². The van der Waals surface area contributed by atoms with Crippen LogP contribution in [0.2, 0.25) is 0 Å². The van der Waals surface area contributed by atoms with E-state index in [1.807, 2.05) is 0 Å². The number of nitrogens with one attached hydrogen (secondary N) is 2. The first-order valence-electron chi connectivity index (χ1n) is 6.55. The van der Waals surface area contributed by atoms with Crippen LogP contribution in [0.25, 0.3) is 0 Å². The third kappa shape index (κ3) is 10.3. The number of urea groups is 1. The van der Waals surface area contributed by atoms with Gasteiger partial charge >= 0.3 is 6.03 Å². The second-order valence-corrected chi connectivity index (χ2v) is 3.86. The van der Waals surface area contributed by atoms with Gasteiger partial charge in [0.2, 0.25) is 0 Å². The van der Waals surface area contributed by atoms with E-state index in [1.54, 1.807) is 7.11 Å². The Morgan fingerprint density at radius 3 is 2.50 bits per heavy atom. The maximum atomic E-state index is 11.3. The van der Waals surface area contributed by atoms with Gasteiger partial charge in [0.25, 0.3) is 0 Å². The molecule has 2 N–H and O–H groups in total. The normalized spacial score (nSPS) is 10.7. The van der Waals surface area contributed by atoms with E-state index in [4.69, 9.17) is 9.47 Å². The number of hydrogen-bond donors (Lipinski definition) is 2. The lowest BCUT2D eigenvalue weighted by atomic mass is 10.3. The van der Waals surface area contributed by atoms with Crippen molar-refractivity contribution in [2.24, 2.45) is 0 Å². The Kier molecular flexibility index (Phi) is 12.0. The molecule has 0 saturated heterocycles. The molecule has 0 aliphatic heterocycles. The molecule has 0 radical (unpaired) electrons. The Hall–Kier alpha value is -0.850. The predicted molar refractivity (Wildman–Crippen MR) is 71.6 cm³/mol. The summed E-state index contributed by atoms with van der Waals surface area (Å²) in [5.41, 5.74) is 0. The van der Waals surface area contributed by atoms with Gasteiger partial charge in [-0.1, -0.05) is 13.8 Å².